The standard InChI is InChI=1S/C13H25N3O2/c1-9(2)14-11-7-6-8-16(13(11)18)10(3)12(17)15(4)5/h9-11,14H,6-8H2,1-5H3. The second-order valence-electron chi connectivity index (χ2n) is 5.46. The minimum atomic E-state index is -0.371. The summed E-state index contributed by atoms with van der Waals surface area (Å²) in [6.45, 7) is 6.54. The Balaban J connectivity index is 2.71. The number of piperidine rings is 1. The van der Waals surface area contributed by atoms with Crippen molar-refractivity contribution in [3.05, 3.63) is 0 Å². The molecule has 2 unspecified atom stereocenters. The van der Waals surface area contributed by atoms with Crippen molar-refractivity contribution in [2.45, 2.75) is 51.7 Å². The van der Waals surface area contributed by atoms with Gasteiger partial charge in [0.05, 0.1) is 6.04 Å². The van der Waals surface area contributed by atoms with Crippen LogP contribution in [0.25, 0.3) is 0 Å². The van der Waals surface area contributed by atoms with Crippen LogP contribution >= 0.6 is 0 Å². The van der Waals surface area contributed by atoms with E-state index in [2.05, 4.69) is 5.32 Å². The highest BCUT2D eigenvalue weighted by Crippen LogP contribution is 2.16. The molecule has 0 bridgehead atoms. The third-order valence-corrected chi connectivity index (χ3v) is 3.27. The zero-order valence-electron chi connectivity index (χ0n) is 12.1. The van der Waals surface area contributed by atoms with E-state index in [9.17, 15) is 9.59 Å². The molecule has 0 aromatic rings. The highest BCUT2D eigenvalue weighted by molar-refractivity contribution is 5.89. The van der Waals surface area contributed by atoms with E-state index < -0.39 is 0 Å². The quantitative estimate of drug-likeness (QED) is 0.793. The molecule has 1 rings (SSSR count). The summed E-state index contributed by atoms with van der Waals surface area (Å²) in [7, 11) is 3.44. The monoisotopic (exact) mass is 255 g/mol. The molecule has 1 heterocycles. The van der Waals surface area contributed by atoms with Crippen molar-refractivity contribution < 1.29 is 9.59 Å². The number of rotatable bonds is 4. The molecule has 0 aromatic carbocycles. The van der Waals surface area contributed by atoms with Crippen molar-refractivity contribution in [1.29, 1.82) is 0 Å². The van der Waals surface area contributed by atoms with Crippen molar-refractivity contribution >= 4 is 11.8 Å². The first-order chi connectivity index (χ1) is 8.34. The average molecular weight is 255 g/mol. The average Bonchev–Trinajstić information content (AvgIpc) is 2.29. The summed E-state index contributed by atoms with van der Waals surface area (Å²) in [6.07, 6.45) is 1.80. The van der Waals surface area contributed by atoms with Crippen LogP contribution in [0.3, 0.4) is 0 Å². The molecule has 1 fully saturated rings. The molecule has 2 amide bonds. The molecule has 1 saturated heterocycles. The molecule has 0 aliphatic carbocycles. The minimum Gasteiger partial charge on any atom is -0.347 e. The van der Waals surface area contributed by atoms with E-state index in [-0.39, 0.29) is 29.9 Å². The van der Waals surface area contributed by atoms with Gasteiger partial charge in [-0.05, 0) is 19.8 Å². The lowest BCUT2D eigenvalue weighted by Gasteiger charge is -2.37. The summed E-state index contributed by atoms with van der Waals surface area (Å²) in [5.41, 5.74) is 0. The number of nitrogens with one attached hydrogen (secondary N) is 1. The lowest BCUT2D eigenvalue weighted by Crippen LogP contribution is -2.57. The summed E-state index contributed by atoms with van der Waals surface area (Å²) >= 11 is 0. The SMILES string of the molecule is CC(C)NC1CCCN(C(C)C(=O)N(C)C)C1=O. The molecule has 2 atom stereocenters. The lowest BCUT2D eigenvalue weighted by molar-refractivity contribution is -0.147. The van der Waals surface area contributed by atoms with Crippen LogP contribution in [0.5, 0.6) is 0 Å². The van der Waals surface area contributed by atoms with E-state index >= 15 is 0 Å². The fraction of sp³-hybridized carbons (Fsp3) is 0.846. The Hall–Kier alpha value is -1.10. The number of likely N-dealkylation sites (tertiary alicyclic amines) is 1. The van der Waals surface area contributed by atoms with Gasteiger partial charge in [-0.1, -0.05) is 13.8 Å². The van der Waals surface area contributed by atoms with Crippen LogP contribution in [0.2, 0.25) is 0 Å². The number of carbonyl (C=O) groups excluding carboxylic acids is 2. The summed E-state index contributed by atoms with van der Waals surface area (Å²) < 4.78 is 0. The molecular formula is C13H25N3O2. The van der Waals surface area contributed by atoms with Crippen molar-refractivity contribution in [3.8, 4) is 0 Å². The molecule has 0 spiro atoms. The molecule has 18 heavy (non-hydrogen) atoms. The highest BCUT2D eigenvalue weighted by Gasteiger charge is 2.34. The van der Waals surface area contributed by atoms with Crippen molar-refractivity contribution in [2.75, 3.05) is 20.6 Å². The molecule has 5 nitrogen and oxygen atoms in total. The van der Waals surface area contributed by atoms with Crippen LogP contribution in [-0.4, -0.2) is 60.4 Å². The Labute approximate surface area is 110 Å². The van der Waals surface area contributed by atoms with E-state index in [1.54, 1.807) is 25.9 Å². The Morgan fingerprint density at radius 1 is 1.39 bits per heavy atom. The van der Waals surface area contributed by atoms with E-state index in [4.69, 9.17) is 0 Å². The first kappa shape index (κ1) is 15.0. The van der Waals surface area contributed by atoms with Crippen LogP contribution in [-0.2, 0) is 9.59 Å². The second kappa shape index (κ2) is 6.18. The molecule has 1 aliphatic rings. The topological polar surface area (TPSA) is 52.7 Å². The number of nitrogens with zero attached hydrogens (tertiary/aromatic N) is 2. The van der Waals surface area contributed by atoms with Crippen molar-refractivity contribution in [1.82, 2.24) is 15.1 Å². The van der Waals surface area contributed by atoms with Gasteiger partial charge in [-0.25, -0.2) is 0 Å². The van der Waals surface area contributed by atoms with Gasteiger partial charge in [0.25, 0.3) is 0 Å². The Kier molecular flexibility index (Phi) is 5.14. The first-order valence-corrected chi connectivity index (χ1v) is 6.62. The van der Waals surface area contributed by atoms with Crippen LogP contribution in [0.1, 0.15) is 33.6 Å². The zero-order chi connectivity index (χ0) is 13.9. The number of hydrogen-bond donors (Lipinski definition) is 1. The van der Waals surface area contributed by atoms with Gasteiger partial charge >= 0.3 is 0 Å². The third-order valence-electron chi connectivity index (χ3n) is 3.27. The van der Waals surface area contributed by atoms with Gasteiger partial charge in [-0.15, -0.1) is 0 Å². The molecule has 104 valence electrons. The second-order valence-corrected chi connectivity index (χ2v) is 5.46. The predicted molar refractivity (Wildman–Crippen MR) is 71.2 cm³/mol. The molecule has 1 aliphatic heterocycles. The van der Waals surface area contributed by atoms with Gasteiger partial charge in [0.15, 0.2) is 0 Å². The maximum absolute atomic E-state index is 12.3. The molecule has 0 saturated carbocycles. The Bertz CT molecular complexity index is 315. The normalized spacial score (nSPS) is 22.2. The van der Waals surface area contributed by atoms with Gasteiger partial charge in [0.1, 0.15) is 6.04 Å². The third kappa shape index (κ3) is 3.45. The summed E-state index contributed by atoms with van der Waals surface area (Å²) in [6, 6.07) is -0.237. The molecular weight excluding hydrogens is 230 g/mol. The largest absolute Gasteiger partial charge is 0.347 e. The number of carbonyl (C=O) groups is 2. The lowest BCUT2D eigenvalue weighted by atomic mass is 10.0. The van der Waals surface area contributed by atoms with E-state index in [0.29, 0.717) is 6.54 Å². The minimum absolute atomic E-state index is 0.0199. The van der Waals surface area contributed by atoms with Crippen LogP contribution in [0, 0.1) is 0 Å². The van der Waals surface area contributed by atoms with Crippen molar-refractivity contribution in [3.63, 3.8) is 0 Å². The molecule has 5 heteroatoms. The van der Waals surface area contributed by atoms with Gasteiger partial charge in [0, 0.05) is 26.7 Å². The first-order valence-electron chi connectivity index (χ1n) is 6.62. The van der Waals surface area contributed by atoms with E-state index in [1.165, 1.54) is 4.90 Å². The maximum Gasteiger partial charge on any atom is 0.244 e. The predicted octanol–water partition coefficient (Wildman–Crippen LogP) is 0.452. The fourth-order valence-corrected chi connectivity index (χ4v) is 2.35. The van der Waals surface area contributed by atoms with Gasteiger partial charge < -0.3 is 15.1 Å². The molecule has 1 N–H and O–H groups in total. The van der Waals surface area contributed by atoms with Gasteiger partial charge in [-0.2, -0.15) is 0 Å². The number of hydrogen-bond acceptors (Lipinski definition) is 3. The maximum atomic E-state index is 12.3. The summed E-state index contributed by atoms with van der Waals surface area (Å²) in [5, 5.41) is 3.27. The molecule has 0 radical (unpaired) electrons. The van der Waals surface area contributed by atoms with Crippen molar-refractivity contribution in [2.24, 2.45) is 0 Å². The number of likely N-dealkylation sites (N-methyl/N-ethyl adjacent to an activating group) is 1. The zero-order valence-corrected chi connectivity index (χ0v) is 12.1. The van der Waals surface area contributed by atoms with E-state index in [0.717, 1.165) is 12.8 Å². The smallest absolute Gasteiger partial charge is 0.244 e. The molecule has 0 aromatic heterocycles. The highest BCUT2D eigenvalue weighted by atomic mass is 16.2. The van der Waals surface area contributed by atoms with Gasteiger partial charge in [0.2, 0.25) is 11.8 Å². The summed E-state index contributed by atoms with van der Waals surface area (Å²) in [4.78, 5) is 27.5. The van der Waals surface area contributed by atoms with Crippen LogP contribution < -0.4 is 5.32 Å². The Morgan fingerprint density at radius 2 is 2.00 bits per heavy atom. The number of amides is 2. The van der Waals surface area contributed by atoms with E-state index in [1.807, 2.05) is 13.8 Å². The summed E-state index contributed by atoms with van der Waals surface area (Å²) in [5.74, 6) is 0.0335. The Morgan fingerprint density at radius 3 is 2.50 bits per heavy atom. The van der Waals surface area contributed by atoms with Crippen LogP contribution in [0.4, 0.5) is 0 Å². The fourth-order valence-electron chi connectivity index (χ4n) is 2.35. The van der Waals surface area contributed by atoms with Crippen LogP contribution in [0.15, 0.2) is 0 Å². The van der Waals surface area contributed by atoms with Gasteiger partial charge in [-0.3, -0.25) is 9.59 Å².